The minimum absolute atomic E-state index is 0.0299. The highest BCUT2D eigenvalue weighted by Gasteiger charge is 2.29. The van der Waals surface area contributed by atoms with Crippen LogP contribution in [0.2, 0.25) is 0 Å². The fourth-order valence-corrected chi connectivity index (χ4v) is 4.31. The van der Waals surface area contributed by atoms with Crippen molar-refractivity contribution in [2.75, 3.05) is 38.0 Å². The molecule has 27 heavy (non-hydrogen) atoms. The molecule has 0 spiro atoms. The number of carbonyl (C=O) groups is 1. The van der Waals surface area contributed by atoms with Crippen LogP contribution in [0, 0.1) is 11.6 Å². The summed E-state index contributed by atoms with van der Waals surface area (Å²) in [4.78, 5) is 13.8. The van der Waals surface area contributed by atoms with Crippen molar-refractivity contribution in [3.63, 3.8) is 0 Å². The fourth-order valence-electron chi connectivity index (χ4n) is 2.86. The second-order valence-electron chi connectivity index (χ2n) is 6.17. The van der Waals surface area contributed by atoms with Crippen molar-refractivity contribution in [1.29, 1.82) is 0 Å². The zero-order valence-corrected chi connectivity index (χ0v) is 15.3. The Kier molecular flexibility index (Phi) is 5.83. The van der Waals surface area contributed by atoms with Crippen LogP contribution >= 0.6 is 0 Å². The molecule has 0 atom stereocenters. The molecule has 0 aromatic heterocycles. The zero-order valence-electron chi connectivity index (χ0n) is 14.4. The fraction of sp³-hybridized carbons (Fsp3) is 0.278. The number of carbonyl (C=O) groups excluding carboxylic acids is 1. The Morgan fingerprint density at radius 3 is 2.37 bits per heavy atom. The number of nitrogens with zero attached hydrogens (tertiary/aromatic N) is 2. The summed E-state index contributed by atoms with van der Waals surface area (Å²) in [5.41, 5.74) is 0.106. The number of piperazine rings is 1. The summed E-state index contributed by atoms with van der Waals surface area (Å²) in [6.45, 7) is 1.10. The van der Waals surface area contributed by atoms with Crippen LogP contribution in [0.4, 0.5) is 14.5 Å². The van der Waals surface area contributed by atoms with E-state index in [1.54, 1.807) is 11.0 Å². The van der Waals surface area contributed by atoms with Gasteiger partial charge in [0.05, 0.1) is 17.1 Å². The molecule has 1 aliphatic rings. The topological polar surface area (TPSA) is 69.7 Å². The molecule has 0 saturated carbocycles. The van der Waals surface area contributed by atoms with Crippen LogP contribution in [-0.2, 0) is 14.8 Å². The van der Waals surface area contributed by atoms with Gasteiger partial charge in [0.2, 0.25) is 15.9 Å². The van der Waals surface area contributed by atoms with Crippen LogP contribution < -0.4 is 5.32 Å². The molecule has 6 nitrogen and oxygen atoms in total. The predicted molar refractivity (Wildman–Crippen MR) is 96.6 cm³/mol. The number of amides is 1. The number of rotatable bonds is 5. The minimum atomic E-state index is -3.77. The van der Waals surface area contributed by atoms with Gasteiger partial charge in [0, 0.05) is 26.2 Å². The number of hydrogen-bond acceptors (Lipinski definition) is 4. The van der Waals surface area contributed by atoms with Gasteiger partial charge in [-0.2, -0.15) is 4.31 Å². The van der Waals surface area contributed by atoms with Gasteiger partial charge >= 0.3 is 0 Å². The van der Waals surface area contributed by atoms with Crippen LogP contribution in [0.15, 0.2) is 53.4 Å². The first-order valence-corrected chi connectivity index (χ1v) is 9.83. The van der Waals surface area contributed by atoms with E-state index in [9.17, 15) is 22.0 Å². The molecule has 2 aromatic carbocycles. The molecule has 3 rings (SSSR count). The van der Waals surface area contributed by atoms with Crippen molar-refractivity contribution in [1.82, 2.24) is 9.21 Å². The molecular formula is C18H19F2N3O3S. The summed E-state index contributed by atoms with van der Waals surface area (Å²) < 4.78 is 53.3. The second kappa shape index (κ2) is 8.12. The first kappa shape index (κ1) is 19.4. The third-order valence-electron chi connectivity index (χ3n) is 4.28. The van der Waals surface area contributed by atoms with Gasteiger partial charge in [0.15, 0.2) is 0 Å². The Balaban J connectivity index is 1.56. The van der Waals surface area contributed by atoms with Gasteiger partial charge in [-0.25, -0.2) is 17.2 Å². The molecule has 144 valence electrons. The van der Waals surface area contributed by atoms with Crippen LogP contribution in [0.1, 0.15) is 0 Å². The zero-order chi connectivity index (χ0) is 19.4. The largest absolute Gasteiger partial charge is 0.322 e. The summed E-state index contributed by atoms with van der Waals surface area (Å²) in [6, 6.07) is 10.8. The van der Waals surface area contributed by atoms with E-state index in [4.69, 9.17) is 0 Å². The minimum Gasteiger partial charge on any atom is -0.322 e. The van der Waals surface area contributed by atoms with Crippen LogP contribution in [0.25, 0.3) is 0 Å². The Morgan fingerprint density at radius 2 is 1.70 bits per heavy atom. The van der Waals surface area contributed by atoms with Crippen LogP contribution in [-0.4, -0.2) is 56.3 Å². The van der Waals surface area contributed by atoms with Crippen molar-refractivity contribution >= 4 is 21.6 Å². The lowest BCUT2D eigenvalue weighted by atomic mass is 10.3. The molecule has 0 aliphatic carbocycles. The standard InChI is InChI=1S/C18H19F2N3O3S/c19-14-4-3-5-15(12-14)27(25,26)23-10-8-22(9-11-23)13-18(24)21-17-7-2-1-6-16(17)20/h1-7,12H,8-11,13H2,(H,21,24). The first-order valence-electron chi connectivity index (χ1n) is 8.39. The number of halogens is 2. The van der Waals surface area contributed by atoms with E-state index in [2.05, 4.69) is 5.32 Å². The number of benzene rings is 2. The summed E-state index contributed by atoms with van der Waals surface area (Å²) in [5.74, 6) is -1.50. The van der Waals surface area contributed by atoms with Gasteiger partial charge in [-0.3, -0.25) is 9.69 Å². The highest BCUT2D eigenvalue weighted by molar-refractivity contribution is 7.89. The summed E-state index contributed by atoms with van der Waals surface area (Å²) in [6.07, 6.45) is 0. The molecular weight excluding hydrogens is 376 g/mol. The van der Waals surface area contributed by atoms with E-state index in [0.29, 0.717) is 13.1 Å². The van der Waals surface area contributed by atoms with Crippen LogP contribution in [0.3, 0.4) is 0 Å². The molecule has 0 bridgehead atoms. The average Bonchev–Trinajstić information content (AvgIpc) is 2.64. The van der Waals surface area contributed by atoms with Gasteiger partial charge in [-0.15, -0.1) is 0 Å². The maximum absolute atomic E-state index is 13.6. The number of anilines is 1. The Bertz CT molecular complexity index is 929. The molecule has 1 amide bonds. The van der Waals surface area contributed by atoms with E-state index < -0.39 is 21.7 Å². The molecule has 0 unspecified atom stereocenters. The van der Waals surface area contributed by atoms with E-state index >= 15 is 0 Å². The van der Waals surface area contributed by atoms with E-state index in [1.807, 2.05) is 0 Å². The SMILES string of the molecule is O=C(CN1CCN(S(=O)(=O)c2cccc(F)c2)CC1)Nc1ccccc1F. The third kappa shape index (κ3) is 4.68. The first-order chi connectivity index (χ1) is 12.9. The number of para-hydroxylation sites is 1. The maximum atomic E-state index is 13.6. The molecule has 1 aliphatic heterocycles. The Labute approximate surface area is 156 Å². The molecule has 1 heterocycles. The lowest BCUT2D eigenvalue weighted by Crippen LogP contribution is -2.50. The van der Waals surface area contributed by atoms with Crippen LogP contribution in [0.5, 0.6) is 0 Å². The average molecular weight is 395 g/mol. The number of nitrogens with one attached hydrogen (secondary N) is 1. The van der Waals surface area contributed by atoms with Crippen molar-refractivity contribution in [2.24, 2.45) is 0 Å². The monoisotopic (exact) mass is 395 g/mol. The van der Waals surface area contributed by atoms with Crippen molar-refractivity contribution in [3.8, 4) is 0 Å². The summed E-state index contributed by atoms with van der Waals surface area (Å²) in [7, 11) is -3.77. The normalized spacial score (nSPS) is 16.2. The quantitative estimate of drug-likeness (QED) is 0.840. The summed E-state index contributed by atoms with van der Waals surface area (Å²) >= 11 is 0. The van der Waals surface area contributed by atoms with Gasteiger partial charge in [0.1, 0.15) is 11.6 Å². The Morgan fingerprint density at radius 1 is 1.00 bits per heavy atom. The smallest absolute Gasteiger partial charge is 0.243 e. The van der Waals surface area contributed by atoms with E-state index in [0.717, 1.165) is 6.07 Å². The molecule has 1 N–H and O–H groups in total. The second-order valence-corrected chi connectivity index (χ2v) is 8.10. The molecule has 0 radical (unpaired) electrons. The van der Waals surface area contributed by atoms with Gasteiger partial charge < -0.3 is 5.32 Å². The molecule has 1 fully saturated rings. The third-order valence-corrected chi connectivity index (χ3v) is 6.17. The number of hydrogen-bond donors (Lipinski definition) is 1. The van der Waals surface area contributed by atoms with Crippen molar-refractivity contribution in [3.05, 3.63) is 60.2 Å². The molecule has 1 saturated heterocycles. The molecule has 2 aromatic rings. The number of sulfonamides is 1. The molecule has 9 heteroatoms. The van der Waals surface area contributed by atoms with E-state index in [1.165, 1.54) is 40.7 Å². The highest BCUT2D eigenvalue weighted by Crippen LogP contribution is 2.18. The predicted octanol–water partition coefficient (Wildman–Crippen LogP) is 1.91. The van der Waals surface area contributed by atoms with Gasteiger partial charge in [-0.1, -0.05) is 18.2 Å². The lowest BCUT2D eigenvalue weighted by molar-refractivity contribution is -0.117. The van der Waals surface area contributed by atoms with Crippen molar-refractivity contribution < 1.29 is 22.0 Å². The maximum Gasteiger partial charge on any atom is 0.243 e. The lowest BCUT2D eigenvalue weighted by Gasteiger charge is -2.33. The Hall–Kier alpha value is -2.36. The van der Waals surface area contributed by atoms with Gasteiger partial charge in [0.25, 0.3) is 0 Å². The van der Waals surface area contributed by atoms with Crippen molar-refractivity contribution in [2.45, 2.75) is 4.90 Å². The van der Waals surface area contributed by atoms with Gasteiger partial charge in [-0.05, 0) is 30.3 Å². The highest BCUT2D eigenvalue weighted by atomic mass is 32.2. The summed E-state index contributed by atoms with van der Waals surface area (Å²) in [5, 5.41) is 2.50. The van der Waals surface area contributed by atoms with E-state index in [-0.39, 0.29) is 36.1 Å².